The number of carbonyl (C=O) groups excluding carboxylic acids is 2. The first-order valence-corrected chi connectivity index (χ1v) is 19.5. The number of thiophene rings is 1. The molecule has 3 aromatic heterocycles. The van der Waals surface area contributed by atoms with Crippen LogP contribution in [0.1, 0.15) is 101 Å². The second-order valence-electron chi connectivity index (χ2n) is 15.4. The molecule has 2 amide bonds. The maximum absolute atomic E-state index is 13.7. The molecule has 268 valence electrons. The number of carbonyl (C=O) groups is 2. The van der Waals surface area contributed by atoms with Gasteiger partial charge in [0, 0.05) is 23.5 Å². The number of nitrogens with zero attached hydrogens (tertiary/aromatic N) is 3. The Hall–Kier alpha value is -4.22. The van der Waals surface area contributed by atoms with Crippen LogP contribution in [-0.4, -0.2) is 63.1 Å². The number of aromatic amines is 2. The van der Waals surface area contributed by atoms with E-state index in [0.29, 0.717) is 6.54 Å². The molecule has 0 bridgehead atoms. The summed E-state index contributed by atoms with van der Waals surface area (Å²) in [4.78, 5) is 46.8. The third-order valence-electron chi connectivity index (χ3n) is 11.9. The van der Waals surface area contributed by atoms with E-state index in [4.69, 9.17) is 14.7 Å². The van der Waals surface area contributed by atoms with Crippen LogP contribution in [0.4, 0.5) is 4.79 Å². The molecule has 5 heterocycles. The smallest absolute Gasteiger partial charge is 0.407 e. The Morgan fingerprint density at radius 1 is 0.980 bits per heavy atom. The number of fused-ring (bicyclic) bond motifs is 2. The van der Waals surface area contributed by atoms with Crippen molar-refractivity contribution in [3.8, 4) is 32.3 Å². The Kier molecular flexibility index (Phi) is 9.12. The molecule has 10 nitrogen and oxygen atoms in total. The van der Waals surface area contributed by atoms with Gasteiger partial charge in [0.05, 0.1) is 47.9 Å². The Balaban J connectivity index is 1.09. The van der Waals surface area contributed by atoms with Gasteiger partial charge in [0.25, 0.3) is 0 Å². The zero-order valence-electron chi connectivity index (χ0n) is 30.1. The summed E-state index contributed by atoms with van der Waals surface area (Å²) in [6, 6.07) is 8.47. The van der Waals surface area contributed by atoms with Crippen LogP contribution in [0, 0.1) is 11.8 Å². The Morgan fingerprint density at radius 2 is 1.73 bits per heavy atom. The van der Waals surface area contributed by atoms with Crippen molar-refractivity contribution in [2.75, 3.05) is 20.2 Å². The number of H-pyrrole nitrogens is 2. The minimum atomic E-state index is -0.659. The third kappa shape index (κ3) is 6.22. The first kappa shape index (κ1) is 33.9. The largest absolute Gasteiger partial charge is 0.453 e. The summed E-state index contributed by atoms with van der Waals surface area (Å²) in [7, 11) is 1.32. The van der Waals surface area contributed by atoms with E-state index in [9.17, 15) is 9.59 Å². The van der Waals surface area contributed by atoms with Crippen molar-refractivity contribution in [3.05, 3.63) is 71.6 Å². The van der Waals surface area contributed by atoms with Gasteiger partial charge < -0.3 is 30.2 Å². The lowest BCUT2D eigenvalue weighted by molar-refractivity contribution is -0.135. The van der Waals surface area contributed by atoms with Crippen LogP contribution in [0.3, 0.4) is 0 Å². The predicted molar refractivity (Wildman–Crippen MR) is 200 cm³/mol. The molecule has 4 N–H and O–H groups in total. The van der Waals surface area contributed by atoms with Crippen molar-refractivity contribution in [2.45, 2.75) is 95.7 Å². The fraction of sp³-hybridized carbons (Fsp3) is 0.500. The maximum Gasteiger partial charge on any atom is 0.407 e. The monoisotopic (exact) mass is 707 g/mol. The zero-order valence-corrected chi connectivity index (χ0v) is 30.9. The summed E-state index contributed by atoms with van der Waals surface area (Å²) in [5.74, 6) is 2.36. The third-order valence-corrected chi connectivity index (χ3v) is 13.0. The van der Waals surface area contributed by atoms with Gasteiger partial charge in [-0.2, -0.15) is 0 Å². The van der Waals surface area contributed by atoms with Crippen molar-refractivity contribution in [3.63, 3.8) is 0 Å². The normalized spacial score (nSPS) is 24.8. The number of benzene rings is 1. The summed E-state index contributed by atoms with van der Waals surface area (Å²) in [6.45, 7) is 7.78. The number of methoxy groups -OCH3 is 1. The van der Waals surface area contributed by atoms with E-state index in [0.717, 1.165) is 59.6 Å². The van der Waals surface area contributed by atoms with Crippen molar-refractivity contribution in [2.24, 2.45) is 11.8 Å². The number of ether oxygens (including phenoxy) is 1. The Morgan fingerprint density at radius 3 is 2.49 bits per heavy atom. The summed E-state index contributed by atoms with van der Waals surface area (Å²) in [6.07, 6.45) is 16.7. The highest BCUT2D eigenvalue weighted by Gasteiger charge is 2.44. The quantitative estimate of drug-likeness (QED) is 0.138. The van der Waals surface area contributed by atoms with Gasteiger partial charge in [-0.05, 0) is 97.4 Å². The van der Waals surface area contributed by atoms with Gasteiger partial charge in [-0.3, -0.25) is 4.79 Å². The van der Waals surface area contributed by atoms with E-state index in [1.165, 1.54) is 60.8 Å². The summed E-state index contributed by atoms with van der Waals surface area (Å²) in [5, 5.41) is 6.22. The fourth-order valence-corrected chi connectivity index (χ4v) is 10.0. The standard InChI is InChI=1S/C40H49N7O3S/c1-23(2)35(46-39(49)50-4)38(48)47-20-6-8-31(47)37-43-22-30(45-37)33-12-11-32(51-33)27-10-9-25(29-21-42-36(44-29)28-7-5-19-41-28)26-15-18-40(34(26)27)16-13-24(3)14-17-40/h5,7,9-12,21-24,28,31,35,41H,6,8,13-20H2,1-4H3,(H,42,44)(H,43,45)(H,46,49)/t24?,28-,31-,35-,40?/m0/s1. The molecule has 4 aliphatic rings. The molecule has 8 rings (SSSR count). The van der Waals surface area contributed by atoms with Crippen LogP contribution in [0.2, 0.25) is 0 Å². The minimum absolute atomic E-state index is 0.0789. The molecule has 2 fully saturated rings. The van der Waals surface area contributed by atoms with Gasteiger partial charge in [0.15, 0.2) is 0 Å². The molecule has 2 aliphatic carbocycles. The van der Waals surface area contributed by atoms with E-state index in [-0.39, 0.29) is 29.3 Å². The number of amides is 2. The molecule has 51 heavy (non-hydrogen) atoms. The van der Waals surface area contributed by atoms with Gasteiger partial charge in [-0.15, -0.1) is 11.3 Å². The number of hydrogen-bond acceptors (Lipinski definition) is 7. The number of imidazole rings is 2. The van der Waals surface area contributed by atoms with Crippen molar-refractivity contribution in [1.82, 2.24) is 35.5 Å². The number of aromatic nitrogens is 4. The Labute approximate surface area is 303 Å². The van der Waals surface area contributed by atoms with Gasteiger partial charge >= 0.3 is 6.09 Å². The second-order valence-corrected chi connectivity index (χ2v) is 16.5. The molecular weight excluding hydrogens is 659 g/mol. The van der Waals surface area contributed by atoms with Crippen LogP contribution in [-0.2, 0) is 21.4 Å². The van der Waals surface area contributed by atoms with Gasteiger partial charge in [-0.1, -0.05) is 45.1 Å². The van der Waals surface area contributed by atoms with E-state index >= 15 is 0 Å². The molecular formula is C40H49N7O3S. The van der Waals surface area contributed by atoms with Crippen LogP contribution in [0.5, 0.6) is 0 Å². The van der Waals surface area contributed by atoms with Crippen LogP contribution in [0.15, 0.2) is 48.8 Å². The van der Waals surface area contributed by atoms with E-state index in [2.05, 4.69) is 63.9 Å². The highest BCUT2D eigenvalue weighted by atomic mass is 32.1. The lowest BCUT2D eigenvalue weighted by Gasteiger charge is -2.38. The molecule has 1 spiro atoms. The number of hydrogen-bond donors (Lipinski definition) is 4. The maximum atomic E-state index is 13.7. The number of rotatable bonds is 8. The average Bonchev–Trinajstić information content (AvgIpc) is 3.98. The molecule has 0 radical (unpaired) electrons. The number of likely N-dealkylation sites (tertiary alicyclic amines) is 1. The molecule has 0 unspecified atom stereocenters. The van der Waals surface area contributed by atoms with Crippen LogP contribution >= 0.6 is 11.3 Å². The van der Waals surface area contributed by atoms with Crippen molar-refractivity contribution >= 4 is 23.3 Å². The molecule has 11 heteroatoms. The van der Waals surface area contributed by atoms with E-state index in [1.807, 2.05) is 42.5 Å². The topological polar surface area (TPSA) is 128 Å². The van der Waals surface area contributed by atoms with Crippen molar-refractivity contribution in [1.29, 1.82) is 0 Å². The SMILES string of the molecule is COC(=O)N[C@H](C(=O)N1CCC[C@H]1c1ncc(-c2ccc(-c3ccc(-c4cnc([C@@H]5C=CCN5)[nH]4)c4c3C3(CC4)CCC(C)CC3)s2)[nH]1)C(C)C. The molecule has 2 aliphatic heterocycles. The van der Waals surface area contributed by atoms with Crippen LogP contribution in [0.25, 0.3) is 32.3 Å². The number of alkyl carbamates (subject to hydrolysis) is 1. The zero-order chi connectivity index (χ0) is 35.3. The highest BCUT2D eigenvalue weighted by Crippen LogP contribution is 2.55. The highest BCUT2D eigenvalue weighted by molar-refractivity contribution is 7.18. The average molecular weight is 708 g/mol. The summed E-state index contributed by atoms with van der Waals surface area (Å²) in [5.41, 5.74) is 7.97. The molecule has 1 saturated heterocycles. The van der Waals surface area contributed by atoms with Gasteiger partial charge in [0.2, 0.25) is 5.91 Å². The van der Waals surface area contributed by atoms with E-state index in [1.54, 1.807) is 5.56 Å². The van der Waals surface area contributed by atoms with Crippen molar-refractivity contribution < 1.29 is 14.3 Å². The predicted octanol–water partition coefficient (Wildman–Crippen LogP) is 7.83. The van der Waals surface area contributed by atoms with E-state index < -0.39 is 12.1 Å². The first-order valence-electron chi connectivity index (χ1n) is 18.7. The molecule has 1 aromatic carbocycles. The minimum Gasteiger partial charge on any atom is -0.453 e. The second kappa shape index (κ2) is 13.7. The molecule has 1 saturated carbocycles. The number of nitrogens with one attached hydrogen (secondary N) is 4. The Bertz CT molecular complexity index is 1950. The van der Waals surface area contributed by atoms with Crippen LogP contribution < -0.4 is 10.6 Å². The summed E-state index contributed by atoms with van der Waals surface area (Å²) >= 11 is 1.81. The molecule has 3 atom stereocenters. The summed E-state index contributed by atoms with van der Waals surface area (Å²) < 4.78 is 4.80. The lowest BCUT2D eigenvalue weighted by Crippen LogP contribution is -2.51. The fourth-order valence-electron chi connectivity index (χ4n) is 9.01. The van der Waals surface area contributed by atoms with Gasteiger partial charge in [0.1, 0.15) is 17.7 Å². The van der Waals surface area contributed by atoms with Gasteiger partial charge in [-0.25, -0.2) is 14.8 Å². The first-order chi connectivity index (χ1) is 24.7. The lowest BCUT2D eigenvalue weighted by atomic mass is 9.66. The molecule has 4 aromatic rings.